The molecule has 1 unspecified atom stereocenters. The topological polar surface area (TPSA) is 64.8 Å². The molecule has 0 saturated heterocycles. The molecule has 5 rings (SSSR count). The largest absolute Gasteiger partial charge is 0.454 e. The van der Waals surface area contributed by atoms with Gasteiger partial charge in [-0.05, 0) is 56.7 Å². The van der Waals surface area contributed by atoms with Gasteiger partial charge in [-0.25, -0.2) is 4.79 Å². The van der Waals surface area contributed by atoms with Crippen molar-refractivity contribution in [1.82, 2.24) is 0 Å². The number of ether oxygens (including phenoxy) is 2. The lowest BCUT2D eigenvalue weighted by Crippen LogP contribution is -2.33. The van der Waals surface area contributed by atoms with Gasteiger partial charge in [-0.15, -0.1) is 0 Å². The van der Waals surface area contributed by atoms with Crippen LogP contribution in [0.4, 0.5) is 11.4 Å². The van der Waals surface area contributed by atoms with Gasteiger partial charge in [-0.2, -0.15) is 0 Å². The van der Waals surface area contributed by atoms with E-state index in [4.69, 9.17) is 15.2 Å². The maximum absolute atomic E-state index is 12.9. The van der Waals surface area contributed by atoms with E-state index < -0.39 is 5.60 Å². The number of carbonyl (C=O) groups is 1. The number of fused-ring (bicyclic) bond motifs is 6. The summed E-state index contributed by atoms with van der Waals surface area (Å²) in [6.45, 7) is 7.99. The van der Waals surface area contributed by atoms with E-state index in [9.17, 15) is 4.79 Å². The summed E-state index contributed by atoms with van der Waals surface area (Å²) in [7, 11) is 0. The third-order valence-electron chi connectivity index (χ3n) is 6.10. The van der Waals surface area contributed by atoms with Crippen LogP contribution >= 0.6 is 0 Å². The van der Waals surface area contributed by atoms with E-state index in [-0.39, 0.29) is 5.97 Å². The molecule has 2 N–H and O–H groups in total. The SMILES string of the molecule is CCN(CC)c1ccc2c(c1)Oc1c(N)cc(C)cc1C21OC(=O)c2ccccc21. The quantitative estimate of drug-likeness (QED) is 0.496. The summed E-state index contributed by atoms with van der Waals surface area (Å²) >= 11 is 0. The fraction of sp³-hybridized carbons (Fsp3) is 0.240. The summed E-state index contributed by atoms with van der Waals surface area (Å²) < 4.78 is 12.5. The minimum Gasteiger partial charge on any atom is -0.454 e. The average molecular weight is 400 g/mol. The van der Waals surface area contributed by atoms with Gasteiger partial charge in [0.15, 0.2) is 11.4 Å². The highest BCUT2D eigenvalue weighted by Crippen LogP contribution is 2.57. The van der Waals surface area contributed by atoms with Crippen LogP contribution in [-0.4, -0.2) is 19.1 Å². The molecule has 2 heterocycles. The molecular weight excluding hydrogens is 376 g/mol. The van der Waals surface area contributed by atoms with Crippen molar-refractivity contribution < 1.29 is 14.3 Å². The third-order valence-corrected chi connectivity index (χ3v) is 6.10. The van der Waals surface area contributed by atoms with Crippen molar-refractivity contribution in [1.29, 1.82) is 0 Å². The first-order chi connectivity index (χ1) is 14.5. The van der Waals surface area contributed by atoms with Crippen molar-refractivity contribution in [3.05, 3.63) is 82.4 Å². The van der Waals surface area contributed by atoms with Crippen molar-refractivity contribution in [3.8, 4) is 11.5 Å². The van der Waals surface area contributed by atoms with Gasteiger partial charge in [0.2, 0.25) is 0 Å². The van der Waals surface area contributed by atoms with E-state index >= 15 is 0 Å². The van der Waals surface area contributed by atoms with Gasteiger partial charge in [0.1, 0.15) is 5.75 Å². The number of hydrogen-bond donors (Lipinski definition) is 1. The number of anilines is 2. The van der Waals surface area contributed by atoms with Crippen LogP contribution in [0, 0.1) is 6.92 Å². The molecule has 0 saturated carbocycles. The summed E-state index contributed by atoms with van der Waals surface area (Å²) in [5, 5.41) is 0. The predicted molar refractivity (Wildman–Crippen MR) is 117 cm³/mol. The number of esters is 1. The maximum atomic E-state index is 12.9. The number of carbonyl (C=O) groups excluding carboxylic acids is 1. The standard InChI is InChI=1S/C25H24N2O3/c1-4-27(5-2)16-10-11-19-22(14-16)29-23-20(12-15(3)13-21(23)26)25(19)18-9-7-6-8-17(18)24(28)30-25/h6-14H,4-5,26H2,1-3H3. The number of nitrogen functional groups attached to an aromatic ring is 1. The minimum absolute atomic E-state index is 0.336. The average Bonchev–Trinajstić information content (AvgIpc) is 3.04. The van der Waals surface area contributed by atoms with E-state index in [1.165, 1.54) is 0 Å². The molecule has 0 amide bonds. The van der Waals surface area contributed by atoms with Crippen LogP contribution in [0.5, 0.6) is 11.5 Å². The summed E-state index contributed by atoms with van der Waals surface area (Å²) in [4.78, 5) is 15.1. The summed E-state index contributed by atoms with van der Waals surface area (Å²) in [5.41, 5.74) is 10.9. The van der Waals surface area contributed by atoms with Gasteiger partial charge >= 0.3 is 5.97 Å². The fourth-order valence-electron chi connectivity index (χ4n) is 4.72. The maximum Gasteiger partial charge on any atom is 0.340 e. The zero-order valence-corrected chi connectivity index (χ0v) is 17.4. The highest BCUT2D eigenvalue weighted by molar-refractivity contribution is 5.97. The first-order valence-corrected chi connectivity index (χ1v) is 10.3. The van der Waals surface area contributed by atoms with Gasteiger partial charge in [-0.1, -0.05) is 18.2 Å². The Morgan fingerprint density at radius 1 is 0.967 bits per heavy atom. The van der Waals surface area contributed by atoms with Gasteiger partial charge in [0.25, 0.3) is 0 Å². The Balaban J connectivity index is 1.84. The predicted octanol–water partition coefficient (Wildman–Crippen LogP) is 4.99. The van der Waals surface area contributed by atoms with E-state index in [1.54, 1.807) is 0 Å². The molecule has 1 atom stereocenters. The summed E-state index contributed by atoms with van der Waals surface area (Å²) in [5.74, 6) is 0.874. The first-order valence-electron chi connectivity index (χ1n) is 10.3. The fourth-order valence-corrected chi connectivity index (χ4v) is 4.72. The summed E-state index contributed by atoms with van der Waals surface area (Å²) in [6, 6.07) is 17.5. The highest BCUT2D eigenvalue weighted by Gasteiger charge is 2.53. The Kier molecular flexibility index (Phi) is 4.03. The Morgan fingerprint density at radius 2 is 1.73 bits per heavy atom. The van der Waals surface area contributed by atoms with Crippen molar-refractivity contribution in [2.75, 3.05) is 23.7 Å². The number of nitrogens with zero attached hydrogens (tertiary/aromatic N) is 1. The van der Waals surface area contributed by atoms with Crippen molar-refractivity contribution in [2.24, 2.45) is 0 Å². The third kappa shape index (κ3) is 2.38. The van der Waals surface area contributed by atoms with Gasteiger partial charge < -0.3 is 20.1 Å². The van der Waals surface area contributed by atoms with Gasteiger partial charge in [0, 0.05) is 36.0 Å². The molecular formula is C25H24N2O3. The molecule has 3 aromatic rings. The van der Waals surface area contributed by atoms with Crippen LogP contribution in [0.3, 0.4) is 0 Å². The van der Waals surface area contributed by atoms with E-state index in [2.05, 4.69) is 24.8 Å². The molecule has 3 aromatic carbocycles. The van der Waals surface area contributed by atoms with Crippen LogP contribution in [0.1, 0.15) is 46.5 Å². The van der Waals surface area contributed by atoms with Crippen molar-refractivity contribution in [3.63, 3.8) is 0 Å². The molecule has 0 aromatic heterocycles. The van der Waals surface area contributed by atoms with Crippen LogP contribution in [0.2, 0.25) is 0 Å². The molecule has 0 bridgehead atoms. The van der Waals surface area contributed by atoms with Crippen molar-refractivity contribution >= 4 is 17.3 Å². The highest BCUT2D eigenvalue weighted by atomic mass is 16.6. The number of aryl methyl sites for hydroxylation is 1. The zero-order valence-electron chi connectivity index (χ0n) is 17.4. The number of benzene rings is 3. The lowest BCUT2D eigenvalue weighted by Gasteiger charge is -2.37. The second kappa shape index (κ2) is 6.52. The summed E-state index contributed by atoms with van der Waals surface area (Å²) in [6.07, 6.45) is 0. The molecule has 0 aliphatic carbocycles. The normalized spacial score (nSPS) is 18.3. The Hall–Kier alpha value is -3.47. The number of rotatable bonds is 3. The lowest BCUT2D eigenvalue weighted by molar-refractivity contribution is 0.0224. The second-order valence-electron chi connectivity index (χ2n) is 7.80. The van der Waals surface area contributed by atoms with Gasteiger partial charge in [-0.3, -0.25) is 0 Å². The molecule has 2 aliphatic heterocycles. The van der Waals surface area contributed by atoms with E-state index in [0.29, 0.717) is 22.7 Å². The zero-order chi connectivity index (χ0) is 21.0. The second-order valence-corrected chi connectivity index (χ2v) is 7.80. The smallest absolute Gasteiger partial charge is 0.340 e. The molecule has 0 fully saturated rings. The molecule has 30 heavy (non-hydrogen) atoms. The Bertz CT molecular complexity index is 1180. The molecule has 1 spiro atoms. The lowest BCUT2D eigenvalue weighted by atomic mass is 9.77. The molecule has 0 radical (unpaired) electrons. The van der Waals surface area contributed by atoms with E-state index in [1.807, 2.05) is 55.5 Å². The first kappa shape index (κ1) is 18.6. The van der Waals surface area contributed by atoms with Crippen LogP contribution < -0.4 is 15.4 Å². The van der Waals surface area contributed by atoms with Crippen LogP contribution in [0.15, 0.2) is 54.6 Å². The molecule has 5 heteroatoms. The Labute approximate surface area is 176 Å². The van der Waals surface area contributed by atoms with Crippen LogP contribution in [-0.2, 0) is 10.3 Å². The monoisotopic (exact) mass is 400 g/mol. The Morgan fingerprint density at radius 3 is 2.50 bits per heavy atom. The molecule has 152 valence electrons. The van der Waals surface area contributed by atoms with Crippen LogP contribution in [0.25, 0.3) is 0 Å². The minimum atomic E-state index is -1.07. The van der Waals surface area contributed by atoms with E-state index in [0.717, 1.165) is 41.0 Å². The molecule has 5 nitrogen and oxygen atoms in total. The number of hydrogen-bond acceptors (Lipinski definition) is 5. The van der Waals surface area contributed by atoms with Gasteiger partial charge in [0.05, 0.1) is 16.8 Å². The van der Waals surface area contributed by atoms with Crippen molar-refractivity contribution in [2.45, 2.75) is 26.4 Å². The molecule has 2 aliphatic rings. The number of nitrogens with two attached hydrogens (primary N) is 1.